The number of halogens is 3. The Bertz CT molecular complexity index is 928. The van der Waals surface area contributed by atoms with Crippen LogP contribution in [0, 0.1) is 12.8 Å². The highest BCUT2D eigenvalue weighted by Crippen LogP contribution is 2.27. The summed E-state index contributed by atoms with van der Waals surface area (Å²) in [6, 6.07) is 7.27. The van der Waals surface area contributed by atoms with Crippen LogP contribution in [0.4, 0.5) is 24.9 Å². The molecule has 0 radical (unpaired) electrons. The summed E-state index contributed by atoms with van der Waals surface area (Å²) >= 11 is 0. The number of hydrogen-bond acceptors (Lipinski definition) is 6. The van der Waals surface area contributed by atoms with E-state index in [9.17, 15) is 18.0 Å². The molecule has 1 heterocycles. The van der Waals surface area contributed by atoms with E-state index in [2.05, 4.69) is 25.3 Å². The normalized spacial score (nSPS) is 18.7. The zero-order valence-corrected chi connectivity index (χ0v) is 18.4. The van der Waals surface area contributed by atoms with Gasteiger partial charge in [0.15, 0.2) is 0 Å². The van der Waals surface area contributed by atoms with E-state index >= 15 is 0 Å². The van der Waals surface area contributed by atoms with Gasteiger partial charge in [0, 0.05) is 44.0 Å². The molecular formula is C22H28F3N5O2. The first kappa shape index (κ1) is 23.6. The highest BCUT2D eigenvalue weighted by Gasteiger charge is 2.31. The summed E-state index contributed by atoms with van der Waals surface area (Å²) in [4.78, 5) is 23.3. The van der Waals surface area contributed by atoms with Crippen molar-refractivity contribution in [1.82, 2.24) is 15.3 Å². The van der Waals surface area contributed by atoms with Crippen molar-refractivity contribution in [2.75, 3.05) is 30.9 Å². The Morgan fingerprint density at radius 2 is 1.88 bits per heavy atom. The number of rotatable bonds is 7. The van der Waals surface area contributed by atoms with Gasteiger partial charge in [0.25, 0.3) is 5.91 Å². The number of anilines is 2. The molecule has 174 valence electrons. The molecule has 0 spiro atoms. The summed E-state index contributed by atoms with van der Waals surface area (Å²) in [5.41, 5.74) is 1.03. The van der Waals surface area contributed by atoms with Crippen LogP contribution in [0.15, 0.2) is 30.3 Å². The zero-order chi connectivity index (χ0) is 23.3. The smallest absolute Gasteiger partial charge is 0.406 e. The molecule has 1 aliphatic carbocycles. The minimum Gasteiger partial charge on any atom is -0.406 e. The van der Waals surface area contributed by atoms with E-state index < -0.39 is 18.0 Å². The molecule has 1 aromatic carbocycles. The molecule has 10 heteroatoms. The maximum absolute atomic E-state index is 12.4. The number of ether oxygens (including phenoxy) is 1. The van der Waals surface area contributed by atoms with Gasteiger partial charge in [0.1, 0.15) is 11.6 Å². The lowest BCUT2D eigenvalue weighted by molar-refractivity contribution is -0.274. The van der Waals surface area contributed by atoms with Crippen molar-refractivity contribution in [3.63, 3.8) is 0 Å². The lowest BCUT2D eigenvalue weighted by Gasteiger charge is -2.29. The van der Waals surface area contributed by atoms with Crippen LogP contribution < -0.4 is 20.3 Å². The van der Waals surface area contributed by atoms with Crippen molar-refractivity contribution in [2.24, 2.45) is 5.92 Å². The lowest BCUT2D eigenvalue weighted by atomic mass is 9.86. The fourth-order valence-electron chi connectivity index (χ4n) is 3.71. The van der Waals surface area contributed by atoms with Gasteiger partial charge in [-0.3, -0.25) is 4.79 Å². The number of hydrogen-bond donors (Lipinski definition) is 2. The lowest BCUT2D eigenvalue weighted by Crippen LogP contribution is -2.34. The minimum atomic E-state index is -4.79. The van der Waals surface area contributed by atoms with E-state index in [0.717, 1.165) is 49.3 Å². The number of aromatic nitrogens is 2. The van der Waals surface area contributed by atoms with Gasteiger partial charge in [0.2, 0.25) is 5.95 Å². The van der Waals surface area contributed by atoms with Gasteiger partial charge in [-0.25, -0.2) is 4.98 Å². The molecule has 2 N–H and O–H groups in total. The van der Waals surface area contributed by atoms with Gasteiger partial charge in [-0.2, -0.15) is 4.98 Å². The standard InChI is InChI=1S/C22H28F3N5O2/c1-14-11-19(30(2)3)29-21(27-14)28-17-9-7-15(8-10-17)13-26-20(31)16-5-4-6-18(12-16)32-22(23,24)25/h4-6,11-12,15,17H,7-10,13H2,1-3H3,(H,26,31)(H,27,28,29). The topological polar surface area (TPSA) is 79.4 Å². The summed E-state index contributed by atoms with van der Waals surface area (Å²) in [7, 11) is 3.87. The first-order valence-corrected chi connectivity index (χ1v) is 10.5. The van der Waals surface area contributed by atoms with Crippen molar-refractivity contribution in [1.29, 1.82) is 0 Å². The molecule has 1 aromatic heterocycles. The molecule has 1 fully saturated rings. The number of alkyl halides is 3. The summed E-state index contributed by atoms with van der Waals surface area (Å²) in [5.74, 6) is 0.949. The second kappa shape index (κ2) is 10.1. The van der Waals surface area contributed by atoms with Crippen molar-refractivity contribution in [2.45, 2.75) is 45.0 Å². The number of nitrogens with one attached hydrogen (secondary N) is 2. The molecule has 1 aliphatic rings. The van der Waals surface area contributed by atoms with Crippen molar-refractivity contribution in [3.05, 3.63) is 41.6 Å². The third-order valence-corrected chi connectivity index (χ3v) is 5.36. The van der Waals surface area contributed by atoms with E-state index in [0.29, 0.717) is 18.4 Å². The molecule has 1 amide bonds. The van der Waals surface area contributed by atoms with Gasteiger partial charge in [-0.15, -0.1) is 13.2 Å². The van der Waals surface area contributed by atoms with E-state index in [1.54, 1.807) is 0 Å². The summed E-state index contributed by atoms with van der Waals surface area (Å²) < 4.78 is 41.0. The minimum absolute atomic E-state index is 0.135. The average molecular weight is 451 g/mol. The predicted molar refractivity (Wildman–Crippen MR) is 116 cm³/mol. The van der Waals surface area contributed by atoms with Crippen molar-refractivity contribution >= 4 is 17.7 Å². The van der Waals surface area contributed by atoms with Crippen LogP contribution in [0.5, 0.6) is 5.75 Å². The largest absolute Gasteiger partial charge is 0.573 e. The molecule has 0 bridgehead atoms. The van der Waals surface area contributed by atoms with E-state index in [1.807, 2.05) is 32.0 Å². The van der Waals surface area contributed by atoms with Crippen LogP contribution >= 0.6 is 0 Å². The van der Waals surface area contributed by atoms with Crippen LogP contribution in [0.1, 0.15) is 41.7 Å². The SMILES string of the molecule is Cc1cc(N(C)C)nc(NC2CCC(CNC(=O)c3cccc(OC(F)(F)F)c3)CC2)n1. The predicted octanol–water partition coefficient (Wildman–Crippen LogP) is 4.15. The summed E-state index contributed by atoms with van der Waals surface area (Å²) in [6.45, 7) is 2.41. The molecular weight excluding hydrogens is 423 g/mol. The van der Waals surface area contributed by atoms with E-state index in [-0.39, 0.29) is 11.6 Å². The van der Waals surface area contributed by atoms with Crippen molar-refractivity contribution < 1.29 is 22.7 Å². The molecule has 2 aromatic rings. The summed E-state index contributed by atoms with van der Waals surface area (Å²) in [6.07, 6.45) is -1.11. The maximum Gasteiger partial charge on any atom is 0.573 e. The Balaban J connectivity index is 1.46. The molecule has 32 heavy (non-hydrogen) atoms. The number of carbonyl (C=O) groups excluding carboxylic acids is 1. The molecule has 1 saturated carbocycles. The second-order valence-corrected chi connectivity index (χ2v) is 8.23. The molecule has 0 atom stereocenters. The number of amides is 1. The average Bonchev–Trinajstić information content (AvgIpc) is 2.71. The Kier molecular flexibility index (Phi) is 7.42. The fraction of sp³-hybridized carbons (Fsp3) is 0.500. The number of carbonyl (C=O) groups is 1. The van der Waals surface area contributed by atoms with Crippen LogP contribution in [-0.2, 0) is 0 Å². The van der Waals surface area contributed by atoms with E-state index in [1.165, 1.54) is 12.1 Å². The highest BCUT2D eigenvalue weighted by molar-refractivity contribution is 5.94. The first-order valence-electron chi connectivity index (χ1n) is 10.5. The number of benzene rings is 1. The number of nitrogens with zero attached hydrogens (tertiary/aromatic N) is 3. The Morgan fingerprint density at radius 3 is 2.53 bits per heavy atom. The van der Waals surface area contributed by atoms with Gasteiger partial charge >= 0.3 is 6.36 Å². The van der Waals surface area contributed by atoms with Gasteiger partial charge in [0.05, 0.1) is 0 Å². The third-order valence-electron chi connectivity index (χ3n) is 5.36. The first-order chi connectivity index (χ1) is 15.1. The van der Waals surface area contributed by atoms with Gasteiger partial charge in [-0.1, -0.05) is 6.07 Å². The maximum atomic E-state index is 12.4. The van der Waals surface area contributed by atoms with Crippen molar-refractivity contribution in [3.8, 4) is 5.75 Å². The van der Waals surface area contributed by atoms with Gasteiger partial charge < -0.3 is 20.3 Å². The fourth-order valence-corrected chi connectivity index (χ4v) is 3.71. The molecule has 0 unspecified atom stereocenters. The Labute approximate surface area is 185 Å². The van der Waals surface area contributed by atoms with Crippen LogP contribution in [0.3, 0.4) is 0 Å². The third kappa shape index (κ3) is 7.00. The van der Waals surface area contributed by atoms with Crippen LogP contribution in [-0.4, -0.2) is 48.9 Å². The number of aryl methyl sites for hydroxylation is 1. The monoisotopic (exact) mass is 451 g/mol. The molecule has 3 rings (SSSR count). The quantitative estimate of drug-likeness (QED) is 0.659. The Morgan fingerprint density at radius 1 is 1.16 bits per heavy atom. The molecule has 0 saturated heterocycles. The Hall–Kier alpha value is -3.04. The second-order valence-electron chi connectivity index (χ2n) is 8.23. The summed E-state index contributed by atoms with van der Waals surface area (Å²) in [5, 5.41) is 6.24. The van der Waals surface area contributed by atoms with Crippen LogP contribution in [0.2, 0.25) is 0 Å². The van der Waals surface area contributed by atoms with Crippen LogP contribution in [0.25, 0.3) is 0 Å². The van der Waals surface area contributed by atoms with Gasteiger partial charge in [-0.05, 0) is 56.7 Å². The van der Waals surface area contributed by atoms with E-state index in [4.69, 9.17) is 0 Å². The zero-order valence-electron chi connectivity index (χ0n) is 18.4. The highest BCUT2D eigenvalue weighted by atomic mass is 19.4. The molecule has 0 aliphatic heterocycles. The molecule has 7 nitrogen and oxygen atoms in total.